The molecule has 0 saturated heterocycles. The molecule has 0 saturated carbocycles. The highest BCUT2D eigenvalue weighted by Gasteiger charge is 2.19. The molecule has 0 radical (unpaired) electrons. The largest absolute Gasteiger partial charge is 0.478 e. The van der Waals surface area contributed by atoms with Crippen molar-refractivity contribution in [3.05, 3.63) is 77.9 Å². The van der Waals surface area contributed by atoms with E-state index in [2.05, 4.69) is 22.1 Å². The van der Waals surface area contributed by atoms with E-state index in [4.69, 9.17) is 9.47 Å². The quantitative estimate of drug-likeness (QED) is 0.892. The average molecular weight is 348 g/mol. The second-order valence-electron chi connectivity index (χ2n) is 6.03. The molecule has 1 N–H and O–H groups in total. The van der Waals surface area contributed by atoms with E-state index in [0.717, 1.165) is 12.8 Å². The van der Waals surface area contributed by atoms with Gasteiger partial charge < -0.3 is 14.6 Å². The number of hydrogen-bond acceptors (Lipinski definition) is 5. The van der Waals surface area contributed by atoms with Crippen LogP contribution in [-0.4, -0.2) is 21.0 Å². The van der Waals surface area contributed by atoms with Crippen molar-refractivity contribution in [2.24, 2.45) is 0 Å². The first-order valence-electron chi connectivity index (χ1n) is 8.26. The van der Waals surface area contributed by atoms with Crippen molar-refractivity contribution >= 4 is 22.6 Å². The molecule has 3 heterocycles. The standard InChI is InChI=1S/C20H16N2O4/c23-20(24)15-9-18(22-17-6-7-21-10-16(15)17)19-12-25-11-14(26-19)8-13-4-2-1-3-5-13/h1-2,4,6-7,9-12H,3,5,8H2,(H,23,24). The van der Waals surface area contributed by atoms with Crippen LogP contribution < -0.4 is 0 Å². The highest BCUT2D eigenvalue weighted by atomic mass is 16.5. The lowest BCUT2D eigenvalue weighted by Gasteiger charge is -2.18. The first-order valence-corrected chi connectivity index (χ1v) is 8.26. The van der Waals surface area contributed by atoms with Crippen molar-refractivity contribution in [3.8, 4) is 0 Å². The van der Waals surface area contributed by atoms with Crippen molar-refractivity contribution < 1.29 is 19.4 Å². The summed E-state index contributed by atoms with van der Waals surface area (Å²) in [6.45, 7) is 0. The van der Waals surface area contributed by atoms with E-state index in [1.807, 2.05) is 6.08 Å². The number of allylic oxidation sites excluding steroid dienone is 4. The smallest absolute Gasteiger partial charge is 0.336 e. The van der Waals surface area contributed by atoms with Gasteiger partial charge in [0.2, 0.25) is 0 Å². The van der Waals surface area contributed by atoms with Gasteiger partial charge in [0.05, 0.1) is 11.1 Å². The van der Waals surface area contributed by atoms with Crippen LogP contribution in [0.2, 0.25) is 0 Å². The minimum atomic E-state index is -1.04. The molecule has 4 rings (SSSR count). The molecule has 2 aromatic heterocycles. The maximum Gasteiger partial charge on any atom is 0.336 e. The Hall–Kier alpha value is -3.41. The van der Waals surface area contributed by atoms with Gasteiger partial charge in [-0.25, -0.2) is 9.78 Å². The van der Waals surface area contributed by atoms with E-state index in [1.54, 1.807) is 18.5 Å². The Balaban J connectivity index is 1.63. The predicted molar refractivity (Wildman–Crippen MR) is 95.8 cm³/mol. The van der Waals surface area contributed by atoms with E-state index in [9.17, 15) is 9.90 Å². The number of hydrogen-bond donors (Lipinski definition) is 1. The number of aromatic carboxylic acids is 1. The van der Waals surface area contributed by atoms with Gasteiger partial charge in [-0.2, -0.15) is 0 Å². The van der Waals surface area contributed by atoms with Crippen molar-refractivity contribution in [2.45, 2.75) is 19.3 Å². The van der Waals surface area contributed by atoms with Gasteiger partial charge >= 0.3 is 5.97 Å². The summed E-state index contributed by atoms with van der Waals surface area (Å²) in [5.74, 6) is 0.00658. The topological polar surface area (TPSA) is 81.5 Å². The summed E-state index contributed by atoms with van der Waals surface area (Å²) in [7, 11) is 0. The van der Waals surface area contributed by atoms with Crippen LogP contribution in [0.5, 0.6) is 0 Å². The average Bonchev–Trinajstić information content (AvgIpc) is 2.68. The maximum absolute atomic E-state index is 11.6. The Labute approximate surface area is 149 Å². The van der Waals surface area contributed by atoms with Crippen LogP contribution in [0, 0.1) is 0 Å². The first kappa shape index (κ1) is 16.1. The predicted octanol–water partition coefficient (Wildman–Crippen LogP) is 4.18. The molecule has 130 valence electrons. The second kappa shape index (κ2) is 6.84. The summed E-state index contributed by atoms with van der Waals surface area (Å²) in [5, 5.41) is 9.98. The van der Waals surface area contributed by atoms with Crippen LogP contribution in [0.15, 0.2) is 66.6 Å². The Bertz CT molecular complexity index is 1000. The van der Waals surface area contributed by atoms with Crippen LogP contribution >= 0.6 is 0 Å². The van der Waals surface area contributed by atoms with E-state index in [-0.39, 0.29) is 5.56 Å². The van der Waals surface area contributed by atoms with E-state index >= 15 is 0 Å². The number of rotatable bonds is 4. The normalized spacial score (nSPS) is 16.2. The van der Waals surface area contributed by atoms with Crippen molar-refractivity contribution in [2.75, 3.05) is 0 Å². The zero-order valence-electron chi connectivity index (χ0n) is 13.9. The molecule has 6 heteroatoms. The van der Waals surface area contributed by atoms with Gasteiger partial charge in [0.15, 0.2) is 5.76 Å². The zero-order chi connectivity index (χ0) is 17.9. The van der Waals surface area contributed by atoms with E-state index < -0.39 is 5.97 Å². The first-order chi connectivity index (χ1) is 12.7. The fourth-order valence-electron chi connectivity index (χ4n) is 2.95. The van der Waals surface area contributed by atoms with Gasteiger partial charge in [0.25, 0.3) is 0 Å². The van der Waals surface area contributed by atoms with Gasteiger partial charge in [-0.1, -0.05) is 23.8 Å². The number of fused-ring (bicyclic) bond motifs is 1. The molecular weight excluding hydrogens is 332 g/mol. The number of nitrogens with zero attached hydrogens (tertiary/aromatic N) is 2. The summed E-state index contributed by atoms with van der Waals surface area (Å²) >= 11 is 0. The molecule has 26 heavy (non-hydrogen) atoms. The summed E-state index contributed by atoms with van der Waals surface area (Å²) in [6.07, 6.45) is 15.0. The molecule has 0 unspecified atom stereocenters. The van der Waals surface area contributed by atoms with Crippen LogP contribution in [0.25, 0.3) is 16.7 Å². The number of carboxylic acids is 1. The Morgan fingerprint density at radius 1 is 1.31 bits per heavy atom. The highest BCUT2D eigenvalue weighted by Crippen LogP contribution is 2.30. The lowest BCUT2D eigenvalue weighted by molar-refractivity contribution is 0.0699. The van der Waals surface area contributed by atoms with E-state index in [1.165, 1.54) is 24.1 Å². The van der Waals surface area contributed by atoms with Gasteiger partial charge in [0, 0.05) is 24.2 Å². The highest BCUT2D eigenvalue weighted by molar-refractivity contribution is 6.02. The number of carboxylic acid groups (broad SMARTS) is 1. The molecule has 0 aromatic carbocycles. The fraction of sp³-hybridized carbons (Fsp3) is 0.150. The summed E-state index contributed by atoms with van der Waals surface area (Å²) in [6, 6.07) is 3.15. The van der Waals surface area contributed by atoms with Gasteiger partial charge in [-0.15, -0.1) is 0 Å². The van der Waals surface area contributed by atoms with Crippen LogP contribution in [0.4, 0.5) is 0 Å². The Morgan fingerprint density at radius 3 is 3.04 bits per heavy atom. The molecular formula is C20H16N2O4. The molecule has 0 atom stereocenters. The summed E-state index contributed by atoms with van der Waals surface area (Å²) in [5.41, 5.74) is 2.33. The third-order valence-electron chi connectivity index (χ3n) is 4.21. The third-order valence-corrected chi connectivity index (χ3v) is 4.21. The lowest BCUT2D eigenvalue weighted by atomic mass is 10.0. The Kier molecular flexibility index (Phi) is 4.23. The van der Waals surface area contributed by atoms with Crippen LogP contribution in [0.3, 0.4) is 0 Å². The van der Waals surface area contributed by atoms with Crippen molar-refractivity contribution in [1.82, 2.24) is 9.97 Å². The molecule has 2 aromatic rings. The Morgan fingerprint density at radius 2 is 2.23 bits per heavy atom. The molecule has 6 nitrogen and oxygen atoms in total. The molecule has 1 aliphatic heterocycles. The van der Waals surface area contributed by atoms with Gasteiger partial charge in [-0.05, 0) is 25.0 Å². The SMILES string of the molecule is O=C(O)c1cc(C2=COC=C(CC3=CC=CCC3)O2)nc2ccncc12. The summed E-state index contributed by atoms with van der Waals surface area (Å²) < 4.78 is 11.3. The fourth-order valence-corrected chi connectivity index (χ4v) is 2.95. The number of ether oxygens (including phenoxy) is 2. The monoisotopic (exact) mass is 348 g/mol. The van der Waals surface area contributed by atoms with E-state index in [0.29, 0.717) is 34.5 Å². The molecule has 0 fully saturated rings. The minimum Gasteiger partial charge on any atom is -0.478 e. The zero-order valence-corrected chi connectivity index (χ0v) is 13.9. The third kappa shape index (κ3) is 3.21. The molecule has 0 spiro atoms. The number of carbonyl (C=O) groups is 1. The van der Waals surface area contributed by atoms with Crippen LogP contribution in [0.1, 0.15) is 35.3 Å². The second-order valence-corrected chi connectivity index (χ2v) is 6.03. The van der Waals surface area contributed by atoms with Crippen molar-refractivity contribution in [1.29, 1.82) is 0 Å². The minimum absolute atomic E-state index is 0.124. The molecule has 1 aliphatic carbocycles. The molecule has 0 bridgehead atoms. The van der Waals surface area contributed by atoms with Gasteiger partial charge in [-0.3, -0.25) is 4.98 Å². The molecule has 2 aliphatic rings. The number of pyridine rings is 2. The number of aromatic nitrogens is 2. The van der Waals surface area contributed by atoms with Crippen molar-refractivity contribution in [3.63, 3.8) is 0 Å². The maximum atomic E-state index is 11.6. The molecule has 0 amide bonds. The lowest BCUT2D eigenvalue weighted by Crippen LogP contribution is -2.06. The summed E-state index contributed by atoms with van der Waals surface area (Å²) in [4.78, 5) is 20.1. The van der Waals surface area contributed by atoms with Gasteiger partial charge in [0.1, 0.15) is 24.0 Å². The van der Waals surface area contributed by atoms with Crippen LogP contribution in [-0.2, 0) is 9.47 Å².